The SMILES string of the molecule is CNC(=O)c1ccc(-c2ccc(OC)c(-c3ccc(F)cc3)c2)cc1. The second kappa shape index (κ2) is 7.18. The van der Waals surface area contributed by atoms with Gasteiger partial charge >= 0.3 is 0 Å². The summed E-state index contributed by atoms with van der Waals surface area (Å²) in [6.45, 7) is 0. The maximum Gasteiger partial charge on any atom is 0.251 e. The van der Waals surface area contributed by atoms with Gasteiger partial charge in [0.1, 0.15) is 11.6 Å². The number of ether oxygens (including phenoxy) is 1. The maximum atomic E-state index is 13.2. The predicted octanol–water partition coefficient (Wildman–Crippen LogP) is 4.53. The Morgan fingerprint density at radius 2 is 1.48 bits per heavy atom. The number of carbonyl (C=O) groups is 1. The van der Waals surface area contributed by atoms with E-state index in [9.17, 15) is 9.18 Å². The van der Waals surface area contributed by atoms with Crippen LogP contribution in [0.4, 0.5) is 4.39 Å². The van der Waals surface area contributed by atoms with Crippen molar-refractivity contribution >= 4 is 5.91 Å². The molecule has 1 N–H and O–H groups in total. The van der Waals surface area contributed by atoms with Gasteiger partial charge in [-0.05, 0) is 53.1 Å². The molecule has 0 heterocycles. The van der Waals surface area contributed by atoms with Crippen molar-refractivity contribution in [2.24, 2.45) is 0 Å². The molecule has 3 rings (SSSR count). The lowest BCUT2D eigenvalue weighted by Gasteiger charge is -2.12. The van der Waals surface area contributed by atoms with Crippen LogP contribution in [0.2, 0.25) is 0 Å². The summed E-state index contributed by atoms with van der Waals surface area (Å²) in [5.41, 5.74) is 4.35. The molecule has 0 radical (unpaired) electrons. The topological polar surface area (TPSA) is 38.3 Å². The quantitative estimate of drug-likeness (QED) is 0.761. The smallest absolute Gasteiger partial charge is 0.251 e. The zero-order valence-electron chi connectivity index (χ0n) is 14.0. The van der Waals surface area contributed by atoms with Crippen molar-refractivity contribution in [2.45, 2.75) is 0 Å². The molecule has 0 aliphatic rings. The standard InChI is InChI=1S/C21H18FNO2/c1-23-21(24)16-5-3-14(4-6-16)17-9-12-20(25-2)19(13-17)15-7-10-18(22)11-8-15/h3-13H,1-2H3,(H,23,24). The Balaban J connectivity index is 2.02. The molecular weight excluding hydrogens is 317 g/mol. The Bertz CT molecular complexity index is 887. The highest BCUT2D eigenvalue weighted by Gasteiger charge is 2.09. The monoisotopic (exact) mass is 335 g/mol. The molecule has 0 saturated carbocycles. The second-order valence-corrected chi connectivity index (χ2v) is 5.58. The highest BCUT2D eigenvalue weighted by molar-refractivity contribution is 5.94. The van der Waals surface area contributed by atoms with E-state index < -0.39 is 0 Å². The lowest BCUT2D eigenvalue weighted by molar-refractivity contribution is 0.0963. The largest absolute Gasteiger partial charge is 0.496 e. The van der Waals surface area contributed by atoms with Crippen LogP contribution >= 0.6 is 0 Å². The fourth-order valence-corrected chi connectivity index (χ4v) is 2.70. The van der Waals surface area contributed by atoms with E-state index in [1.807, 2.05) is 30.3 Å². The maximum absolute atomic E-state index is 13.2. The van der Waals surface area contributed by atoms with E-state index in [1.54, 1.807) is 38.4 Å². The van der Waals surface area contributed by atoms with Crippen LogP contribution in [0.3, 0.4) is 0 Å². The van der Waals surface area contributed by atoms with Crippen molar-refractivity contribution in [3.8, 4) is 28.0 Å². The average Bonchev–Trinajstić information content (AvgIpc) is 2.67. The summed E-state index contributed by atoms with van der Waals surface area (Å²) in [6, 6.07) is 19.5. The zero-order chi connectivity index (χ0) is 17.8. The third-order valence-electron chi connectivity index (χ3n) is 4.06. The lowest BCUT2D eigenvalue weighted by Crippen LogP contribution is -2.17. The molecule has 0 fully saturated rings. The number of hydrogen-bond donors (Lipinski definition) is 1. The lowest BCUT2D eigenvalue weighted by atomic mass is 9.97. The Morgan fingerprint density at radius 1 is 0.880 bits per heavy atom. The molecular formula is C21H18FNO2. The number of benzene rings is 3. The van der Waals surface area contributed by atoms with Gasteiger partial charge in [0.05, 0.1) is 7.11 Å². The van der Waals surface area contributed by atoms with Crippen molar-refractivity contribution in [2.75, 3.05) is 14.2 Å². The van der Waals surface area contributed by atoms with Gasteiger partial charge in [0, 0.05) is 18.2 Å². The van der Waals surface area contributed by atoms with E-state index in [2.05, 4.69) is 5.32 Å². The number of carbonyl (C=O) groups excluding carboxylic acids is 1. The van der Waals surface area contributed by atoms with Crippen LogP contribution in [0.25, 0.3) is 22.3 Å². The Hall–Kier alpha value is -3.14. The number of nitrogens with one attached hydrogen (secondary N) is 1. The summed E-state index contributed by atoms with van der Waals surface area (Å²) >= 11 is 0. The third kappa shape index (κ3) is 3.53. The van der Waals surface area contributed by atoms with Crippen molar-refractivity contribution in [1.29, 1.82) is 0 Å². The second-order valence-electron chi connectivity index (χ2n) is 5.58. The molecule has 0 aromatic heterocycles. The molecule has 25 heavy (non-hydrogen) atoms. The summed E-state index contributed by atoms with van der Waals surface area (Å²) in [5.74, 6) is 0.328. The van der Waals surface area contributed by atoms with Crippen molar-refractivity contribution in [3.05, 3.63) is 78.1 Å². The van der Waals surface area contributed by atoms with Crippen LogP contribution in [0.5, 0.6) is 5.75 Å². The van der Waals surface area contributed by atoms with E-state index in [4.69, 9.17) is 4.74 Å². The van der Waals surface area contributed by atoms with Gasteiger partial charge in [-0.15, -0.1) is 0 Å². The molecule has 0 atom stereocenters. The highest BCUT2D eigenvalue weighted by Crippen LogP contribution is 2.34. The molecule has 1 amide bonds. The molecule has 0 aliphatic heterocycles. The minimum absolute atomic E-state index is 0.117. The minimum atomic E-state index is -0.274. The minimum Gasteiger partial charge on any atom is -0.496 e. The van der Waals surface area contributed by atoms with Crippen LogP contribution in [0.15, 0.2) is 66.7 Å². The summed E-state index contributed by atoms with van der Waals surface area (Å²) in [4.78, 5) is 11.7. The normalized spacial score (nSPS) is 10.4. The van der Waals surface area contributed by atoms with E-state index in [0.29, 0.717) is 5.56 Å². The van der Waals surface area contributed by atoms with Gasteiger partial charge in [-0.2, -0.15) is 0 Å². The summed E-state index contributed by atoms with van der Waals surface area (Å²) in [6.07, 6.45) is 0. The van der Waals surface area contributed by atoms with Gasteiger partial charge in [-0.3, -0.25) is 4.79 Å². The number of methoxy groups -OCH3 is 1. The molecule has 3 nitrogen and oxygen atoms in total. The van der Waals surface area contributed by atoms with Crippen molar-refractivity contribution in [3.63, 3.8) is 0 Å². The molecule has 0 saturated heterocycles. The molecule has 0 aliphatic carbocycles. The molecule has 0 spiro atoms. The molecule has 4 heteroatoms. The number of rotatable bonds is 4. The van der Waals surface area contributed by atoms with Crippen LogP contribution in [0.1, 0.15) is 10.4 Å². The van der Waals surface area contributed by atoms with E-state index >= 15 is 0 Å². The molecule has 0 bridgehead atoms. The van der Waals surface area contributed by atoms with Crippen LogP contribution < -0.4 is 10.1 Å². The van der Waals surface area contributed by atoms with Crippen molar-refractivity contribution < 1.29 is 13.9 Å². The van der Waals surface area contributed by atoms with E-state index in [-0.39, 0.29) is 11.7 Å². The van der Waals surface area contributed by atoms with Gasteiger partial charge in [0.2, 0.25) is 0 Å². The molecule has 0 unspecified atom stereocenters. The number of hydrogen-bond acceptors (Lipinski definition) is 2. The average molecular weight is 335 g/mol. The fraction of sp³-hybridized carbons (Fsp3) is 0.0952. The number of halogens is 1. The Labute approximate surface area is 146 Å². The first-order chi connectivity index (χ1) is 12.1. The third-order valence-corrected chi connectivity index (χ3v) is 4.06. The number of amides is 1. The summed E-state index contributed by atoms with van der Waals surface area (Å²) in [5, 5.41) is 2.60. The molecule has 3 aromatic carbocycles. The first-order valence-corrected chi connectivity index (χ1v) is 7.89. The Morgan fingerprint density at radius 3 is 2.08 bits per heavy atom. The zero-order valence-corrected chi connectivity index (χ0v) is 14.0. The van der Waals surface area contributed by atoms with E-state index in [1.165, 1.54) is 12.1 Å². The molecule has 126 valence electrons. The van der Waals surface area contributed by atoms with Crippen LogP contribution in [-0.2, 0) is 0 Å². The predicted molar refractivity (Wildman–Crippen MR) is 97.2 cm³/mol. The van der Waals surface area contributed by atoms with Crippen LogP contribution in [0, 0.1) is 5.82 Å². The van der Waals surface area contributed by atoms with Crippen molar-refractivity contribution in [1.82, 2.24) is 5.32 Å². The summed E-state index contributed by atoms with van der Waals surface area (Å²) in [7, 11) is 3.22. The molecule has 3 aromatic rings. The first-order valence-electron chi connectivity index (χ1n) is 7.89. The first kappa shape index (κ1) is 16.7. The van der Waals surface area contributed by atoms with Gasteiger partial charge in [0.25, 0.3) is 5.91 Å². The summed E-state index contributed by atoms with van der Waals surface area (Å²) < 4.78 is 18.6. The van der Waals surface area contributed by atoms with Gasteiger partial charge in [0.15, 0.2) is 0 Å². The Kier molecular flexibility index (Phi) is 4.80. The van der Waals surface area contributed by atoms with Gasteiger partial charge in [-0.1, -0.05) is 30.3 Å². The van der Waals surface area contributed by atoms with Gasteiger partial charge in [-0.25, -0.2) is 4.39 Å². The van der Waals surface area contributed by atoms with E-state index in [0.717, 1.165) is 28.0 Å². The highest BCUT2D eigenvalue weighted by atomic mass is 19.1. The fourth-order valence-electron chi connectivity index (χ4n) is 2.70. The van der Waals surface area contributed by atoms with Crippen LogP contribution in [-0.4, -0.2) is 20.1 Å². The van der Waals surface area contributed by atoms with Gasteiger partial charge < -0.3 is 10.1 Å².